The molecule has 1 aromatic rings. The van der Waals surface area contributed by atoms with Crippen LogP contribution in [0.4, 0.5) is 0 Å². The maximum atomic E-state index is 11.7. The van der Waals surface area contributed by atoms with Crippen molar-refractivity contribution in [2.24, 2.45) is 0 Å². The number of carbonyl (C=O) groups is 2. The van der Waals surface area contributed by atoms with Gasteiger partial charge in [0.2, 0.25) is 0 Å². The van der Waals surface area contributed by atoms with Gasteiger partial charge in [-0.3, -0.25) is 4.79 Å². The largest absolute Gasteiger partial charge is 0.480 e. The molecule has 0 aromatic carbocycles. The maximum Gasteiger partial charge on any atom is 0.326 e. The minimum atomic E-state index is -1.06. The lowest BCUT2D eigenvalue weighted by molar-refractivity contribution is -0.139. The van der Waals surface area contributed by atoms with Crippen molar-refractivity contribution < 1.29 is 19.1 Å². The van der Waals surface area contributed by atoms with E-state index >= 15 is 0 Å². The summed E-state index contributed by atoms with van der Waals surface area (Å²) in [5.74, 6) is -1.44. The molecule has 0 fully saturated rings. The molecule has 5 nitrogen and oxygen atoms in total. The number of aliphatic carboxylic acids is 1. The lowest BCUT2D eigenvalue weighted by Gasteiger charge is -2.10. The van der Waals surface area contributed by atoms with Gasteiger partial charge in [0.05, 0.1) is 0 Å². The van der Waals surface area contributed by atoms with E-state index in [0.717, 1.165) is 0 Å². The van der Waals surface area contributed by atoms with Gasteiger partial charge in [0, 0.05) is 5.56 Å². The quantitative estimate of drug-likeness (QED) is 0.888. The highest BCUT2D eigenvalue weighted by molar-refractivity contribution is 9.10. The van der Waals surface area contributed by atoms with Crippen molar-refractivity contribution in [2.75, 3.05) is 0 Å². The molecule has 0 saturated carbocycles. The van der Waals surface area contributed by atoms with Gasteiger partial charge in [0.1, 0.15) is 6.04 Å². The third-order valence-corrected chi connectivity index (χ3v) is 2.50. The normalized spacial score (nSPS) is 12.2. The molecule has 0 aliphatic carbocycles. The molecule has 1 rings (SSSR count). The summed E-state index contributed by atoms with van der Waals surface area (Å²) in [6.45, 7) is 3.40. The SMILES string of the molecule is CCC(NC(=O)c1oc(Br)cc1C)C(=O)O. The molecule has 0 saturated heterocycles. The summed E-state index contributed by atoms with van der Waals surface area (Å²) in [5.41, 5.74) is 0.657. The molecule has 88 valence electrons. The van der Waals surface area contributed by atoms with E-state index in [0.29, 0.717) is 16.7 Å². The molecule has 16 heavy (non-hydrogen) atoms. The van der Waals surface area contributed by atoms with E-state index in [9.17, 15) is 9.59 Å². The lowest BCUT2D eigenvalue weighted by Crippen LogP contribution is -2.40. The van der Waals surface area contributed by atoms with Crippen LogP contribution in [-0.4, -0.2) is 23.0 Å². The molecule has 0 aliphatic rings. The zero-order chi connectivity index (χ0) is 12.3. The first kappa shape index (κ1) is 12.8. The van der Waals surface area contributed by atoms with Crippen LogP contribution in [0.5, 0.6) is 0 Å². The zero-order valence-electron chi connectivity index (χ0n) is 8.91. The van der Waals surface area contributed by atoms with Crippen molar-refractivity contribution in [1.29, 1.82) is 0 Å². The van der Waals surface area contributed by atoms with Gasteiger partial charge in [0.25, 0.3) is 5.91 Å². The monoisotopic (exact) mass is 289 g/mol. The van der Waals surface area contributed by atoms with Gasteiger partial charge in [-0.05, 0) is 35.3 Å². The Labute approximate surface area is 101 Å². The average Bonchev–Trinajstić information content (AvgIpc) is 2.53. The zero-order valence-corrected chi connectivity index (χ0v) is 10.5. The Bertz CT molecular complexity index is 413. The summed E-state index contributed by atoms with van der Waals surface area (Å²) in [4.78, 5) is 22.4. The van der Waals surface area contributed by atoms with E-state index in [-0.39, 0.29) is 5.76 Å². The number of hydrogen-bond donors (Lipinski definition) is 2. The van der Waals surface area contributed by atoms with Crippen LogP contribution in [0.2, 0.25) is 0 Å². The van der Waals surface area contributed by atoms with Crippen molar-refractivity contribution in [3.63, 3.8) is 0 Å². The van der Waals surface area contributed by atoms with Crippen LogP contribution in [-0.2, 0) is 4.79 Å². The molecule has 0 radical (unpaired) electrons. The fourth-order valence-electron chi connectivity index (χ4n) is 1.23. The maximum absolute atomic E-state index is 11.7. The van der Waals surface area contributed by atoms with Crippen molar-refractivity contribution >= 4 is 27.8 Å². The first-order valence-corrected chi connectivity index (χ1v) is 5.54. The van der Waals surface area contributed by atoms with E-state index < -0.39 is 17.9 Å². The minimum Gasteiger partial charge on any atom is -0.480 e. The Balaban J connectivity index is 2.79. The van der Waals surface area contributed by atoms with Crippen LogP contribution in [0.1, 0.15) is 29.5 Å². The number of aryl methyl sites for hydroxylation is 1. The van der Waals surface area contributed by atoms with Gasteiger partial charge in [-0.2, -0.15) is 0 Å². The second kappa shape index (κ2) is 5.16. The predicted molar refractivity (Wildman–Crippen MR) is 60.3 cm³/mol. The van der Waals surface area contributed by atoms with E-state index in [1.165, 1.54) is 0 Å². The highest BCUT2D eigenvalue weighted by atomic mass is 79.9. The van der Waals surface area contributed by atoms with Crippen LogP contribution in [0.3, 0.4) is 0 Å². The third-order valence-electron chi connectivity index (χ3n) is 2.11. The first-order valence-electron chi connectivity index (χ1n) is 4.75. The predicted octanol–water partition coefficient (Wildman–Crippen LogP) is 1.94. The molecule has 6 heteroatoms. The fraction of sp³-hybridized carbons (Fsp3) is 0.400. The molecule has 1 heterocycles. The van der Waals surface area contributed by atoms with Crippen LogP contribution in [0.25, 0.3) is 0 Å². The second-order valence-corrected chi connectivity index (χ2v) is 4.12. The molecule has 1 unspecified atom stereocenters. The van der Waals surface area contributed by atoms with Gasteiger partial charge in [-0.25, -0.2) is 4.79 Å². The number of carboxylic acid groups (broad SMARTS) is 1. The number of furan rings is 1. The number of halogens is 1. The molecule has 1 aromatic heterocycles. The van der Waals surface area contributed by atoms with E-state index in [4.69, 9.17) is 9.52 Å². The van der Waals surface area contributed by atoms with Gasteiger partial charge in [-0.1, -0.05) is 6.92 Å². The highest BCUT2D eigenvalue weighted by Gasteiger charge is 2.22. The first-order chi connectivity index (χ1) is 7.45. The molecule has 1 atom stereocenters. The second-order valence-electron chi connectivity index (χ2n) is 3.34. The van der Waals surface area contributed by atoms with Crippen LogP contribution < -0.4 is 5.32 Å². The van der Waals surface area contributed by atoms with E-state index in [2.05, 4.69) is 21.2 Å². The van der Waals surface area contributed by atoms with E-state index in [1.807, 2.05) is 0 Å². The number of carboxylic acids is 1. The van der Waals surface area contributed by atoms with Gasteiger partial charge < -0.3 is 14.8 Å². The van der Waals surface area contributed by atoms with Crippen LogP contribution in [0.15, 0.2) is 15.2 Å². The topological polar surface area (TPSA) is 79.5 Å². The Hall–Kier alpha value is -1.30. The highest BCUT2D eigenvalue weighted by Crippen LogP contribution is 2.19. The Morgan fingerprint density at radius 1 is 1.62 bits per heavy atom. The number of carbonyl (C=O) groups excluding carboxylic acids is 1. The van der Waals surface area contributed by atoms with Gasteiger partial charge in [-0.15, -0.1) is 0 Å². The van der Waals surface area contributed by atoms with Crippen molar-refractivity contribution in [1.82, 2.24) is 5.32 Å². The molecule has 2 N–H and O–H groups in total. The smallest absolute Gasteiger partial charge is 0.326 e. The number of hydrogen-bond acceptors (Lipinski definition) is 3. The molecular formula is C10H12BrNO4. The molecular weight excluding hydrogens is 278 g/mol. The van der Waals surface area contributed by atoms with Crippen molar-refractivity contribution in [2.45, 2.75) is 26.3 Å². The van der Waals surface area contributed by atoms with Crippen LogP contribution >= 0.6 is 15.9 Å². The third kappa shape index (κ3) is 2.85. The molecule has 0 bridgehead atoms. The lowest BCUT2D eigenvalue weighted by atomic mass is 10.2. The van der Waals surface area contributed by atoms with Crippen molar-refractivity contribution in [3.8, 4) is 0 Å². The average molecular weight is 290 g/mol. The van der Waals surface area contributed by atoms with Crippen molar-refractivity contribution in [3.05, 3.63) is 22.1 Å². The minimum absolute atomic E-state index is 0.131. The Morgan fingerprint density at radius 2 is 2.25 bits per heavy atom. The van der Waals surface area contributed by atoms with Gasteiger partial charge in [0.15, 0.2) is 10.4 Å². The number of nitrogens with one attached hydrogen (secondary N) is 1. The Kier molecular flexibility index (Phi) is 4.12. The van der Waals surface area contributed by atoms with E-state index in [1.54, 1.807) is 19.9 Å². The molecule has 0 aliphatic heterocycles. The summed E-state index contributed by atoms with van der Waals surface area (Å²) < 4.78 is 5.56. The summed E-state index contributed by atoms with van der Waals surface area (Å²) in [5, 5.41) is 11.2. The standard InChI is InChI=1S/C10H12BrNO4/c1-3-6(10(14)15)12-9(13)8-5(2)4-7(11)16-8/h4,6H,3H2,1-2H3,(H,12,13)(H,14,15). The fourth-order valence-corrected chi connectivity index (χ4v) is 1.74. The molecule has 1 amide bonds. The number of amides is 1. The van der Waals surface area contributed by atoms with Gasteiger partial charge >= 0.3 is 5.97 Å². The molecule has 0 spiro atoms. The Morgan fingerprint density at radius 3 is 2.62 bits per heavy atom. The number of rotatable bonds is 4. The van der Waals surface area contributed by atoms with Crippen LogP contribution in [0, 0.1) is 6.92 Å². The summed E-state index contributed by atoms with van der Waals surface area (Å²) >= 11 is 3.10. The summed E-state index contributed by atoms with van der Waals surface area (Å²) in [6, 6.07) is 0.757. The summed E-state index contributed by atoms with van der Waals surface area (Å²) in [6.07, 6.45) is 0.321. The summed E-state index contributed by atoms with van der Waals surface area (Å²) in [7, 11) is 0.